The van der Waals surface area contributed by atoms with E-state index in [1.807, 2.05) is 18.2 Å². The van der Waals surface area contributed by atoms with Crippen molar-refractivity contribution in [2.24, 2.45) is 5.92 Å². The summed E-state index contributed by atoms with van der Waals surface area (Å²) in [6, 6.07) is 8.85. The lowest BCUT2D eigenvalue weighted by atomic mass is 9.88. The van der Waals surface area contributed by atoms with E-state index in [9.17, 15) is 9.59 Å². The zero-order chi connectivity index (χ0) is 19.8. The molecule has 2 N–H and O–H groups in total. The first kappa shape index (κ1) is 18.4. The van der Waals surface area contributed by atoms with Gasteiger partial charge in [-0.1, -0.05) is 25.1 Å². The molecule has 0 fully saturated rings. The smallest absolute Gasteiger partial charge is 0.341 e. The second kappa shape index (κ2) is 7.24. The molecule has 4 rings (SSSR count). The van der Waals surface area contributed by atoms with Gasteiger partial charge in [-0.2, -0.15) is 0 Å². The lowest BCUT2D eigenvalue weighted by Crippen LogP contribution is -2.21. The lowest BCUT2D eigenvalue weighted by molar-refractivity contribution is 0.0601. The molecule has 0 spiro atoms. The summed E-state index contributed by atoms with van der Waals surface area (Å²) >= 11 is 1.42. The van der Waals surface area contributed by atoms with Gasteiger partial charge in [-0.05, 0) is 42.9 Å². The van der Waals surface area contributed by atoms with Gasteiger partial charge in [0, 0.05) is 10.3 Å². The highest BCUT2D eigenvalue weighted by Gasteiger charge is 2.29. The van der Waals surface area contributed by atoms with E-state index < -0.39 is 11.9 Å². The fourth-order valence-corrected chi connectivity index (χ4v) is 4.97. The molecular weight excluding hydrogens is 376 g/mol. The number of anilines is 1. The Labute approximate surface area is 165 Å². The Morgan fingerprint density at radius 2 is 2.11 bits per heavy atom. The molecule has 0 unspecified atom stereocenters. The van der Waals surface area contributed by atoms with Crippen molar-refractivity contribution in [3.63, 3.8) is 0 Å². The van der Waals surface area contributed by atoms with Gasteiger partial charge in [0.15, 0.2) is 0 Å². The van der Waals surface area contributed by atoms with Crippen LogP contribution in [0.25, 0.3) is 11.0 Å². The first-order chi connectivity index (χ1) is 13.5. The molecule has 0 saturated heterocycles. The van der Waals surface area contributed by atoms with Crippen LogP contribution in [0.3, 0.4) is 0 Å². The molecule has 1 atom stereocenters. The number of ether oxygens (including phenoxy) is 1. The van der Waals surface area contributed by atoms with Crippen LogP contribution in [0.15, 0.2) is 34.7 Å². The van der Waals surface area contributed by atoms with Crippen molar-refractivity contribution in [2.45, 2.75) is 26.2 Å². The highest BCUT2D eigenvalue weighted by Crippen LogP contribution is 2.40. The highest BCUT2D eigenvalue weighted by atomic mass is 32.1. The van der Waals surface area contributed by atoms with Crippen LogP contribution in [0, 0.1) is 11.3 Å². The van der Waals surface area contributed by atoms with Gasteiger partial charge in [0.1, 0.15) is 16.1 Å². The van der Waals surface area contributed by atoms with Crippen LogP contribution >= 0.6 is 11.3 Å². The van der Waals surface area contributed by atoms with Crippen LogP contribution < -0.4 is 10.9 Å². The Balaban J connectivity index is 1.73. The molecule has 6 nitrogen and oxygen atoms in total. The molecule has 0 radical (unpaired) electrons. The van der Waals surface area contributed by atoms with Gasteiger partial charge in [-0.15, -0.1) is 11.3 Å². The van der Waals surface area contributed by atoms with Gasteiger partial charge in [-0.3, -0.25) is 10.2 Å². The highest BCUT2D eigenvalue weighted by molar-refractivity contribution is 7.17. The van der Waals surface area contributed by atoms with Crippen LogP contribution in [-0.4, -0.2) is 19.0 Å². The number of carbonyl (C=O) groups excluding carboxylic acids is 2. The number of rotatable bonds is 3. The number of thiophene rings is 1. The summed E-state index contributed by atoms with van der Waals surface area (Å²) in [5, 5.41) is 12.1. The number of fused-ring (bicyclic) bond motifs is 2. The average molecular weight is 396 g/mol. The van der Waals surface area contributed by atoms with Crippen molar-refractivity contribution in [3.8, 4) is 0 Å². The summed E-state index contributed by atoms with van der Waals surface area (Å²) in [7, 11) is 1.34. The second-order valence-corrected chi connectivity index (χ2v) is 8.13. The topological polar surface area (TPSA) is 92.4 Å². The van der Waals surface area contributed by atoms with Crippen LogP contribution in [-0.2, 0) is 17.6 Å². The third kappa shape index (κ3) is 3.22. The van der Waals surface area contributed by atoms with E-state index >= 15 is 0 Å². The fourth-order valence-electron chi connectivity index (χ4n) is 3.57. The molecule has 0 bridgehead atoms. The first-order valence-corrected chi connectivity index (χ1v) is 9.91. The normalized spacial score (nSPS) is 15.9. The van der Waals surface area contributed by atoms with Crippen LogP contribution in [0.5, 0.6) is 0 Å². The van der Waals surface area contributed by atoms with Gasteiger partial charge < -0.3 is 14.5 Å². The van der Waals surface area contributed by atoms with E-state index in [0.29, 0.717) is 22.1 Å². The largest absolute Gasteiger partial charge is 0.465 e. The summed E-state index contributed by atoms with van der Waals surface area (Å²) in [6.45, 7) is 2.18. The maximum Gasteiger partial charge on any atom is 0.341 e. The van der Waals surface area contributed by atoms with Gasteiger partial charge >= 0.3 is 5.97 Å². The number of benzene rings is 1. The van der Waals surface area contributed by atoms with E-state index in [-0.39, 0.29) is 11.1 Å². The van der Waals surface area contributed by atoms with Gasteiger partial charge in [-0.25, -0.2) is 4.79 Å². The summed E-state index contributed by atoms with van der Waals surface area (Å²) in [5.74, 6) is -0.382. The Morgan fingerprint density at radius 3 is 2.89 bits per heavy atom. The fraction of sp³-hybridized carbons (Fsp3) is 0.286. The Morgan fingerprint density at radius 1 is 1.32 bits per heavy atom. The summed E-state index contributed by atoms with van der Waals surface area (Å²) < 4.78 is 10.4. The number of esters is 1. The molecule has 0 saturated carbocycles. The zero-order valence-electron chi connectivity index (χ0n) is 15.6. The lowest BCUT2D eigenvalue weighted by Gasteiger charge is -2.18. The van der Waals surface area contributed by atoms with E-state index in [4.69, 9.17) is 14.6 Å². The van der Waals surface area contributed by atoms with E-state index in [1.165, 1.54) is 18.4 Å². The minimum Gasteiger partial charge on any atom is -0.465 e. The van der Waals surface area contributed by atoms with Crippen LogP contribution in [0.1, 0.15) is 44.5 Å². The number of hydrogen-bond acceptors (Lipinski definition) is 6. The molecular formula is C21H20N2O4S. The van der Waals surface area contributed by atoms with Crippen molar-refractivity contribution in [3.05, 3.63) is 57.5 Å². The predicted octanol–water partition coefficient (Wildman–Crippen LogP) is 4.14. The minimum atomic E-state index is -0.476. The standard InChI is InChI=1S/C21H20N2O4S/c1-11-7-8-13-16(9-11)28-20(17(13)21(25)26-2)23-19(24)14-10-12-5-3-4-6-15(12)27-18(14)22/h3-6,10-11,22H,7-9H2,1-2H3,(H,23,24)/t11-/m0/s1. The van der Waals surface area contributed by atoms with Crippen molar-refractivity contribution in [1.82, 2.24) is 0 Å². The van der Waals surface area contributed by atoms with Crippen LogP contribution in [0.2, 0.25) is 0 Å². The third-order valence-corrected chi connectivity index (χ3v) is 6.22. The number of amides is 1. The number of carbonyl (C=O) groups is 2. The second-order valence-electron chi connectivity index (χ2n) is 7.03. The van der Waals surface area contributed by atoms with Gasteiger partial charge in [0.25, 0.3) is 5.91 Å². The summed E-state index contributed by atoms with van der Waals surface area (Å²) in [5.41, 5.74) is 1.85. The molecule has 3 aromatic rings. The number of para-hydroxylation sites is 1. The SMILES string of the molecule is COC(=O)c1c(NC(=O)c2cc3ccccc3oc2=N)sc2c1CC[C@H](C)C2. The average Bonchev–Trinajstić information content (AvgIpc) is 3.03. The molecule has 1 aromatic carbocycles. The molecule has 7 heteroatoms. The maximum atomic E-state index is 12.9. The van der Waals surface area contributed by atoms with Crippen molar-refractivity contribution >= 4 is 39.2 Å². The Hall–Kier alpha value is -2.93. The van der Waals surface area contributed by atoms with Crippen molar-refractivity contribution in [1.29, 1.82) is 5.41 Å². The summed E-state index contributed by atoms with van der Waals surface area (Å²) in [6.07, 6.45) is 2.68. The quantitative estimate of drug-likeness (QED) is 0.651. The Bertz CT molecular complexity index is 1150. The van der Waals surface area contributed by atoms with Gasteiger partial charge in [0.2, 0.25) is 5.55 Å². The number of methoxy groups -OCH3 is 1. The first-order valence-electron chi connectivity index (χ1n) is 9.09. The minimum absolute atomic E-state index is 0.120. The molecule has 1 aliphatic carbocycles. The molecule has 1 amide bonds. The molecule has 2 aromatic heterocycles. The molecule has 28 heavy (non-hydrogen) atoms. The molecule has 0 aliphatic heterocycles. The molecule has 144 valence electrons. The molecule has 2 heterocycles. The van der Waals surface area contributed by atoms with E-state index in [0.717, 1.165) is 35.1 Å². The van der Waals surface area contributed by atoms with Crippen LogP contribution in [0.4, 0.5) is 5.00 Å². The zero-order valence-corrected chi connectivity index (χ0v) is 16.4. The number of nitrogens with one attached hydrogen (secondary N) is 2. The summed E-state index contributed by atoms with van der Waals surface area (Å²) in [4.78, 5) is 26.4. The Kier molecular flexibility index (Phi) is 4.77. The maximum absolute atomic E-state index is 12.9. The molecule has 1 aliphatic rings. The van der Waals surface area contributed by atoms with Crippen molar-refractivity contribution in [2.75, 3.05) is 12.4 Å². The predicted molar refractivity (Wildman–Crippen MR) is 107 cm³/mol. The van der Waals surface area contributed by atoms with Crippen molar-refractivity contribution < 1.29 is 18.7 Å². The third-order valence-electron chi connectivity index (χ3n) is 5.05. The monoisotopic (exact) mass is 396 g/mol. The van der Waals surface area contributed by atoms with E-state index in [2.05, 4.69) is 12.2 Å². The van der Waals surface area contributed by atoms with Gasteiger partial charge in [0.05, 0.1) is 12.7 Å². The van der Waals surface area contributed by atoms with E-state index in [1.54, 1.807) is 12.1 Å². The number of hydrogen-bond donors (Lipinski definition) is 2.